The number of hydrogen-bond acceptors (Lipinski definition) is 4. The monoisotopic (exact) mass is 565 g/mol. The number of nitrogens with one attached hydrogen (secondary N) is 2. The van der Waals surface area contributed by atoms with Crippen molar-refractivity contribution in [3.8, 4) is 16.9 Å². The Morgan fingerprint density at radius 3 is 2.45 bits per heavy atom. The van der Waals surface area contributed by atoms with Gasteiger partial charge in [-0.3, -0.25) is 4.79 Å². The Morgan fingerprint density at radius 2 is 1.68 bits per heavy atom. The summed E-state index contributed by atoms with van der Waals surface area (Å²) in [5, 5.41) is 5.14. The predicted molar refractivity (Wildman–Crippen MR) is 154 cm³/mol. The van der Waals surface area contributed by atoms with E-state index in [1.54, 1.807) is 30.3 Å². The first-order valence-corrected chi connectivity index (χ1v) is 12.8. The average Bonchev–Trinajstić information content (AvgIpc) is 3.32. The van der Waals surface area contributed by atoms with Gasteiger partial charge in [-0.05, 0) is 55.3 Å². The maximum absolute atomic E-state index is 13.3. The van der Waals surface area contributed by atoms with Gasteiger partial charge in [0.15, 0.2) is 0 Å². The Labute approximate surface area is 228 Å². The molecule has 1 aromatic heterocycles. The van der Waals surface area contributed by atoms with Crippen LogP contribution in [-0.2, 0) is 0 Å². The molecule has 0 saturated heterocycles. The lowest BCUT2D eigenvalue weighted by Gasteiger charge is -2.08. The molecule has 1 heterocycles. The summed E-state index contributed by atoms with van der Waals surface area (Å²) < 4.78 is 6.40. The van der Waals surface area contributed by atoms with E-state index in [9.17, 15) is 9.59 Å². The van der Waals surface area contributed by atoms with Gasteiger partial charge in [-0.1, -0.05) is 82.2 Å². The van der Waals surface area contributed by atoms with Gasteiger partial charge in [0.2, 0.25) is 0 Å². The molecule has 0 spiro atoms. The third-order valence-electron chi connectivity index (χ3n) is 6.16. The van der Waals surface area contributed by atoms with Crippen molar-refractivity contribution in [1.82, 2.24) is 10.4 Å². The van der Waals surface area contributed by atoms with Crippen molar-refractivity contribution in [2.75, 3.05) is 0 Å². The summed E-state index contributed by atoms with van der Waals surface area (Å²) in [5.41, 5.74) is 8.73. The summed E-state index contributed by atoms with van der Waals surface area (Å²) in [6, 6.07) is 28.1. The zero-order chi connectivity index (χ0) is 26.6. The maximum atomic E-state index is 13.3. The number of aryl methyl sites for hydroxylation is 2. The van der Waals surface area contributed by atoms with Gasteiger partial charge in [0, 0.05) is 26.5 Å². The summed E-state index contributed by atoms with van der Waals surface area (Å²) in [6.45, 7) is 3.95. The van der Waals surface area contributed by atoms with E-state index in [1.165, 1.54) is 6.21 Å². The summed E-state index contributed by atoms with van der Waals surface area (Å²) in [4.78, 5) is 29.2. The number of esters is 1. The molecular weight excluding hydrogens is 542 g/mol. The van der Waals surface area contributed by atoms with E-state index in [0.29, 0.717) is 22.6 Å². The first-order chi connectivity index (χ1) is 18.4. The molecular formula is C31H24BrN3O3. The van der Waals surface area contributed by atoms with Gasteiger partial charge in [0.25, 0.3) is 5.91 Å². The molecule has 0 aliphatic carbocycles. The molecule has 0 fully saturated rings. The van der Waals surface area contributed by atoms with Crippen molar-refractivity contribution in [3.05, 3.63) is 123 Å². The SMILES string of the molecule is Cc1ccc(C(=O)Oc2ccc(Br)cc2C=NNC(=O)c2[nH]c3c(C)cccc3c2-c2ccccc2)cc1. The van der Waals surface area contributed by atoms with E-state index in [4.69, 9.17) is 4.74 Å². The van der Waals surface area contributed by atoms with Gasteiger partial charge in [0.1, 0.15) is 11.4 Å². The quantitative estimate of drug-likeness (QED) is 0.0987. The number of rotatable bonds is 6. The topological polar surface area (TPSA) is 83.5 Å². The lowest BCUT2D eigenvalue weighted by molar-refractivity contribution is 0.0734. The van der Waals surface area contributed by atoms with Crippen molar-refractivity contribution in [3.63, 3.8) is 0 Å². The van der Waals surface area contributed by atoms with Gasteiger partial charge < -0.3 is 9.72 Å². The molecule has 0 aliphatic heterocycles. The zero-order valence-corrected chi connectivity index (χ0v) is 22.4. The number of carbonyl (C=O) groups excluding carboxylic acids is 2. The van der Waals surface area contributed by atoms with Crippen LogP contribution < -0.4 is 10.2 Å². The molecule has 0 aliphatic rings. The number of aromatic amines is 1. The number of ether oxygens (including phenoxy) is 1. The van der Waals surface area contributed by atoms with Crippen LogP contribution in [-0.4, -0.2) is 23.1 Å². The number of nitrogens with zero attached hydrogens (tertiary/aromatic N) is 1. The van der Waals surface area contributed by atoms with E-state index >= 15 is 0 Å². The van der Waals surface area contributed by atoms with Gasteiger partial charge in [-0.25, -0.2) is 10.2 Å². The number of halogens is 1. The summed E-state index contributed by atoms with van der Waals surface area (Å²) in [5.74, 6) is -0.543. The molecule has 5 aromatic rings. The number of H-pyrrole nitrogens is 1. The highest BCUT2D eigenvalue weighted by Crippen LogP contribution is 2.33. The highest BCUT2D eigenvalue weighted by atomic mass is 79.9. The van der Waals surface area contributed by atoms with Crippen LogP contribution in [0.3, 0.4) is 0 Å². The van der Waals surface area contributed by atoms with Crippen LogP contribution in [0.1, 0.15) is 37.5 Å². The van der Waals surface area contributed by atoms with Crippen LogP contribution in [0.2, 0.25) is 0 Å². The number of fused-ring (bicyclic) bond motifs is 1. The molecule has 6 nitrogen and oxygen atoms in total. The Balaban J connectivity index is 1.41. The normalized spacial score (nSPS) is 11.1. The van der Waals surface area contributed by atoms with Crippen molar-refractivity contribution in [1.29, 1.82) is 0 Å². The van der Waals surface area contributed by atoms with Gasteiger partial charge >= 0.3 is 5.97 Å². The minimum atomic E-state index is -0.480. The molecule has 0 radical (unpaired) electrons. The van der Waals surface area contributed by atoms with Crippen molar-refractivity contribution >= 4 is 44.9 Å². The fourth-order valence-electron chi connectivity index (χ4n) is 4.22. The fourth-order valence-corrected chi connectivity index (χ4v) is 4.60. The van der Waals surface area contributed by atoms with Gasteiger partial charge in [-0.15, -0.1) is 0 Å². The van der Waals surface area contributed by atoms with Gasteiger partial charge in [-0.2, -0.15) is 5.10 Å². The molecule has 1 amide bonds. The lowest BCUT2D eigenvalue weighted by atomic mass is 10.0. The van der Waals surface area contributed by atoms with Crippen LogP contribution in [0.5, 0.6) is 5.75 Å². The number of para-hydroxylation sites is 1. The van der Waals surface area contributed by atoms with E-state index in [1.807, 2.05) is 74.5 Å². The van der Waals surface area contributed by atoms with Gasteiger partial charge in [0.05, 0.1) is 11.8 Å². The van der Waals surface area contributed by atoms with Crippen molar-refractivity contribution < 1.29 is 14.3 Å². The Kier molecular flexibility index (Phi) is 7.20. The third-order valence-corrected chi connectivity index (χ3v) is 6.66. The van der Waals surface area contributed by atoms with Crippen LogP contribution in [0.4, 0.5) is 0 Å². The molecule has 38 heavy (non-hydrogen) atoms. The first kappa shape index (κ1) is 25.2. The smallest absolute Gasteiger partial charge is 0.343 e. The van der Waals surface area contributed by atoms with Crippen LogP contribution in [0, 0.1) is 13.8 Å². The molecule has 0 bridgehead atoms. The molecule has 2 N–H and O–H groups in total. The molecule has 4 aromatic carbocycles. The molecule has 7 heteroatoms. The number of aromatic nitrogens is 1. The summed E-state index contributed by atoms with van der Waals surface area (Å²) in [6.07, 6.45) is 1.45. The van der Waals surface area contributed by atoms with E-state index in [2.05, 4.69) is 31.4 Å². The first-order valence-electron chi connectivity index (χ1n) is 12.0. The maximum Gasteiger partial charge on any atom is 0.343 e. The predicted octanol–water partition coefficient (Wildman–Crippen LogP) is 7.20. The number of carbonyl (C=O) groups is 2. The molecule has 0 unspecified atom stereocenters. The molecule has 5 rings (SSSR count). The molecule has 0 atom stereocenters. The van der Waals surface area contributed by atoms with Crippen LogP contribution >= 0.6 is 15.9 Å². The lowest BCUT2D eigenvalue weighted by Crippen LogP contribution is -2.19. The second-order valence-corrected chi connectivity index (χ2v) is 9.79. The minimum Gasteiger partial charge on any atom is -0.422 e. The highest BCUT2D eigenvalue weighted by Gasteiger charge is 2.20. The summed E-state index contributed by atoms with van der Waals surface area (Å²) in [7, 11) is 0. The van der Waals surface area contributed by atoms with Crippen molar-refractivity contribution in [2.24, 2.45) is 5.10 Å². The van der Waals surface area contributed by atoms with E-state index in [-0.39, 0.29) is 5.91 Å². The number of benzene rings is 4. The number of hydrogen-bond donors (Lipinski definition) is 2. The number of hydrazone groups is 1. The van der Waals surface area contributed by atoms with Crippen LogP contribution in [0.25, 0.3) is 22.0 Å². The van der Waals surface area contributed by atoms with E-state index in [0.717, 1.165) is 37.6 Å². The molecule has 188 valence electrons. The van der Waals surface area contributed by atoms with Crippen molar-refractivity contribution in [2.45, 2.75) is 13.8 Å². The summed E-state index contributed by atoms with van der Waals surface area (Å²) >= 11 is 3.44. The van der Waals surface area contributed by atoms with E-state index < -0.39 is 5.97 Å². The average molecular weight is 566 g/mol. The minimum absolute atomic E-state index is 0.322. The Bertz CT molecular complexity index is 1670. The molecule has 0 saturated carbocycles. The second kappa shape index (κ2) is 10.9. The Hall–Kier alpha value is -4.49. The second-order valence-electron chi connectivity index (χ2n) is 8.88. The Morgan fingerprint density at radius 1 is 0.921 bits per heavy atom. The fraction of sp³-hybridized carbons (Fsp3) is 0.0645. The largest absolute Gasteiger partial charge is 0.422 e. The van der Waals surface area contributed by atoms with Crippen LogP contribution in [0.15, 0.2) is 101 Å². The standard InChI is InChI=1S/C31H24BrN3O3/c1-19-11-13-22(14-12-19)31(37)38-26-16-15-24(32)17-23(26)18-33-35-30(36)29-27(21-8-4-3-5-9-21)25-10-6-7-20(2)28(25)34-29/h3-18,34H,1-2H3,(H,35,36). The zero-order valence-electron chi connectivity index (χ0n) is 20.8. The highest BCUT2D eigenvalue weighted by molar-refractivity contribution is 9.10. The third kappa shape index (κ3) is 5.28. The number of amides is 1.